The van der Waals surface area contributed by atoms with Crippen LogP contribution in [0.5, 0.6) is 5.88 Å². The van der Waals surface area contributed by atoms with E-state index >= 15 is 0 Å². The van der Waals surface area contributed by atoms with Crippen molar-refractivity contribution in [2.24, 2.45) is 0 Å². The number of ether oxygens (including phenoxy) is 1. The maximum Gasteiger partial charge on any atom is 0.491 e. The summed E-state index contributed by atoms with van der Waals surface area (Å²) in [5, 5.41) is 20.6. The Hall–Kier alpha value is -3.24. The van der Waals surface area contributed by atoms with Gasteiger partial charge in [0, 0.05) is 11.8 Å². The van der Waals surface area contributed by atoms with E-state index in [4.69, 9.17) is 9.39 Å². The number of nitrogens with zero attached hydrogens (tertiary/aromatic N) is 4. The predicted molar refractivity (Wildman–Crippen MR) is 97.2 cm³/mol. The van der Waals surface area contributed by atoms with Crippen LogP contribution >= 0.6 is 0 Å². The smallest absolute Gasteiger partial charge is 0.481 e. The van der Waals surface area contributed by atoms with Crippen LogP contribution in [0, 0.1) is 6.92 Å². The van der Waals surface area contributed by atoms with E-state index in [1.807, 2.05) is 6.07 Å². The van der Waals surface area contributed by atoms with Gasteiger partial charge in [-0.1, -0.05) is 17.3 Å². The molecule has 1 aliphatic heterocycles. The summed E-state index contributed by atoms with van der Waals surface area (Å²) >= 11 is 0. The molecule has 1 aliphatic rings. The minimum Gasteiger partial charge on any atom is -0.481 e. The lowest BCUT2D eigenvalue weighted by atomic mass is 9.79. The van der Waals surface area contributed by atoms with Crippen LogP contribution in [-0.2, 0) is 11.3 Å². The highest BCUT2D eigenvalue weighted by molar-refractivity contribution is 6.61. The first-order valence-electron chi connectivity index (χ1n) is 8.24. The standard InChI is InChI=1S/C17H16BN5O4/c1-10-16(21-22-23(10)14-4-3-5-15(20-14)26-2)17(24)19-12-7-6-11-9-27-18(25)13(11)8-12/h3-8,25H,9H2,1-2H3,(H,19,24). The van der Waals surface area contributed by atoms with Gasteiger partial charge in [-0.3, -0.25) is 4.79 Å². The lowest BCUT2D eigenvalue weighted by Crippen LogP contribution is -2.28. The average Bonchev–Trinajstić information content (AvgIpc) is 3.25. The molecule has 0 atom stereocenters. The highest BCUT2D eigenvalue weighted by atomic mass is 16.5. The second-order valence-corrected chi connectivity index (χ2v) is 6.00. The van der Waals surface area contributed by atoms with Gasteiger partial charge >= 0.3 is 7.12 Å². The van der Waals surface area contributed by atoms with Gasteiger partial charge in [-0.15, -0.1) is 5.10 Å². The molecule has 10 heteroatoms. The molecule has 0 saturated heterocycles. The number of aromatic nitrogens is 4. The minimum absolute atomic E-state index is 0.178. The van der Waals surface area contributed by atoms with E-state index in [2.05, 4.69) is 20.6 Å². The summed E-state index contributed by atoms with van der Waals surface area (Å²) < 4.78 is 11.7. The van der Waals surface area contributed by atoms with Gasteiger partial charge in [-0.05, 0) is 36.1 Å². The summed E-state index contributed by atoms with van der Waals surface area (Å²) in [4.78, 5) is 16.9. The molecule has 0 spiro atoms. The van der Waals surface area contributed by atoms with Crippen LogP contribution in [0.2, 0.25) is 0 Å². The molecular weight excluding hydrogens is 349 g/mol. The SMILES string of the molecule is COc1cccc(-n2nnc(C(=O)Nc3ccc4c(c3)B(O)OC4)c2C)n1. The number of amides is 1. The highest BCUT2D eigenvalue weighted by Gasteiger charge is 2.27. The summed E-state index contributed by atoms with van der Waals surface area (Å²) in [5.74, 6) is 0.526. The summed E-state index contributed by atoms with van der Waals surface area (Å²) in [6.07, 6.45) is 0. The molecule has 0 radical (unpaired) electrons. The molecule has 136 valence electrons. The summed E-state index contributed by atoms with van der Waals surface area (Å²) in [6, 6.07) is 10.5. The fourth-order valence-corrected chi connectivity index (χ4v) is 2.87. The number of rotatable bonds is 4. The van der Waals surface area contributed by atoms with Gasteiger partial charge in [0.05, 0.1) is 19.4 Å². The maximum atomic E-state index is 12.6. The molecule has 4 rings (SSSR count). The molecular formula is C17H16BN5O4. The third kappa shape index (κ3) is 3.16. The molecule has 2 aromatic heterocycles. The number of nitrogens with one attached hydrogen (secondary N) is 1. The zero-order chi connectivity index (χ0) is 19.0. The second kappa shape index (κ2) is 6.82. The number of hydrogen-bond donors (Lipinski definition) is 2. The van der Waals surface area contributed by atoms with Crippen molar-refractivity contribution in [3.8, 4) is 11.7 Å². The fraction of sp³-hybridized carbons (Fsp3) is 0.176. The molecule has 0 bridgehead atoms. The Labute approximate surface area is 155 Å². The Kier molecular flexibility index (Phi) is 4.34. The van der Waals surface area contributed by atoms with E-state index in [9.17, 15) is 9.82 Å². The Morgan fingerprint density at radius 3 is 3.04 bits per heavy atom. The van der Waals surface area contributed by atoms with Crippen LogP contribution in [0.15, 0.2) is 36.4 Å². The molecule has 3 aromatic rings. The van der Waals surface area contributed by atoms with E-state index in [0.29, 0.717) is 35.1 Å². The van der Waals surface area contributed by atoms with Crippen molar-refractivity contribution < 1.29 is 19.2 Å². The Morgan fingerprint density at radius 2 is 2.22 bits per heavy atom. The fourth-order valence-electron chi connectivity index (χ4n) is 2.87. The molecule has 0 fully saturated rings. The number of anilines is 1. The third-order valence-corrected chi connectivity index (χ3v) is 4.31. The van der Waals surface area contributed by atoms with Crippen LogP contribution in [0.4, 0.5) is 5.69 Å². The van der Waals surface area contributed by atoms with Gasteiger partial charge in [0.25, 0.3) is 5.91 Å². The van der Waals surface area contributed by atoms with Crippen molar-refractivity contribution in [2.75, 3.05) is 12.4 Å². The molecule has 1 amide bonds. The maximum absolute atomic E-state index is 12.6. The first kappa shape index (κ1) is 17.2. The number of benzene rings is 1. The lowest BCUT2D eigenvalue weighted by molar-refractivity contribution is 0.102. The third-order valence-electron chi connectivity index (χ3n) is 4.31. The topological polar surface area (TPSA) is 111 Å². The molecule has 9 nitrogen and oxygen atoms in total. The number of fused-ring (bicyclic) bond motifs is 1. The van der Waals surface area contributed by atoms with Gasteiger partial charge < -0.3 is 19.7 Å². The van der Waals surface area contributed by atoms with Crippen molar-refractivity contribution in [1.29, 1.82) is 0 Å². The van der Waals surface area contributed by atoms with Crippen LogP contribution in [-0.4, -0.2) is 45.1 Å². The summed E-state index contributed by atoms with van der Waals surface area (Å²) in [5.41, 5.74) is 2.80. The van der Waals surface area contributed by atoms with E-state index in [1.54, 1.807) is 37.3 Å². The largest absolute Gasteiger partial charge is 0.491 e. The number of carbonyl (C=O) groups is 1. The molecule has 27 heavy (non-hydrogen) atoms. The quantitative estimate of drug-likeness (QED) is 0.646. The Morgan fingerprint density at radius 1 is 1.37 bits per heavy atom. The van der Waals surface area contributed by atoms with Crippen molar-refractivity contribution in [2.45, 2.75) is 13.5 Å². The molecule has 3 heterocycles. The average molecular weight is 365 g/mol. The van der Waals surface area contributed by atoms with Crippen LogP contribution in [0.25, 0.3) is 5.82 Å². The van der Waals surface area contributed by atoms with Gasteiger partial charge in [-0.2, -0.15) is 9.67 Å². The van der Waals surface area contributed by atoms with E-state index in [-0.39, 0.29) is 5.69 Å². The molecule has 2 N–H and O–H groups in total. The van der Waals surface area contributed by atoms with Crippen LogP contribution in [0.1, 0.15) is 21.7 Å². The first-order chi connectivity index (χ1) is 13.1. The molecule has 0 saturated carbocycles. The van der Waals surface area contributed by atoms with Crippen molar-refractivity contribution in [3.05, 3.63) is 53.3 Å². The van der Waals surface area contributed by atoms with Gasteiger partial charge in [-0.25, -0.2) is 0 Å². The predicted octanol–water partition coefficient (Wildman–Crippen LogP) is 0.449. The second-order valence-electron chi connectivity index (χ2n) is 6.00. The molecule has 0 aliphatic carbocycles. The molecule has 0 unspecified atom stereocenters. The normalized spacial score (nSPS) is 12.8. The van der Waals surface area contributed by atoms with E-state index in [1.165, 1.54) is 11.8 Å². The van der Waals surface area contributed by atoms with Crippen LogP contribution in [0.3, 0.4) is 0 Å². The van der Waals surface area contributed by atoms with Crippen LogP contribution < -0.4 is 15.5 Å². The molecule has 1 aromatic carbocycles. The van der Waals surface area contributed by atoms with E-state index in [0.717, 1.165) is 5.56 Å². The van der Waals surface area contributed by atoms with Gasteiger partial charge in [0.15, 0.2) is 11.5 Å². The van der Waals surface area contributed by atoms with Crippen molar-refractivity contribution >= 4 is 24.2 Å². The number of carbonyl (C=O) groups excluding carboxylic acids is 1. The van der Waals surface area contributed by atoms with Gasteiger partial charge in [0.2, 0.25) is 5.88 Å². The zero-order valence-electron chi connectivity index (χ0n) is 14.7. The van der Waals surface area contributed by atoms with Crippen molar-refractivity contribution in [1.82, 2.24) is 20.0 Å². The number of pyridine rings is 1. The zero-order valence-corrected chi connectivity index (χ0v) is 14.7. The highest BCUT2D eigenvalue weighted by Crippen LogP contribution is 2.17. The van der Waals surface area contributed by atoms with Gasteiger partial charge in [0.1, 0.15) is 0 Å². The lowest BCUT2D eigenvalue weighted by Gasteiger charge is -2.07. The minimum atomic E-state index is -0.974. The Balaban J connectivity index is 1.58. The van der Waals surface area contributed by atoms with E-state index < -0.39 is 13.0 Å². The van der Waals surface area contributed by atoms with Crippen molar-refractivity contribution in [3.63, 3.8) is 0 Å². The first-order valence-corrected chi connectivity index (χ1v) is 8.24. The Bertz CT molecular complexity index is 1020. The monoisotopic (exact) mass is 365 g/mol. The number of hydrogen-bond acceptors (Lipinski definition) is 7. The summed E-state index contributed by atoms with van der Waals surface area (Å²) in [6.45, 7) is 2.09. The summed E-state index contributed by atoms with van der Waals surface area (Å²) in [7, 11) is 0.552. The number of methoxy groups -OCH3 is 1.